The number of aromatic nitrogens is 2. The first-order valence-corrected chi connectivity index (χ1v) is 8.50. The molecule has 0 spiro atoms. The second-order valence-corrected chi connectivity index (χ2v) is 6.60. The van der Waals surface area contributed by atoms with Crippen molar-refractivity contribution in [3.8, 4) is 0 Å². The van der Waals surface area contributed by atoms with E-state index in [0.29, 0.717) is 17.0 Å². The van der Waals surface area contributed by atoms with Crippen LogP contribution >= 0.6 is 0 Å². The van der Waals surface area contributed by atoms with Crippen molar-refractivity contribution < 1.29 is 9.21 Å². The predicted molar refractivity (Wildman–Crippen MR) is 94.4 cm³/mol. The van der Waals surface area contributed by atoms with Crippen molar-refractivity contribution in [2.45, 2.75) is 25.9 Å². The summed E-state index contributed by atoms with van der Waals surface area (Å²) in [6, 6.07) is 7.46. The lowest BCUT2D eigenvalue weighted by Crippen LogP contribution is -2.51. The second kappa shape index (κ2) is 6.33. The standard InChI is InChI=1S/C18H20N4O3/c1-11-6-7-19-8-13(11)21-15(23)9-22-10-20-16-12-4-2-3-5-14(12)25-17(16)18(22)24/h2-5,10-11,13,19H,6-9H2,1H3,(H,21,23). The second-order valence-electron chi connectivity index (χ2n) is 6.60. The summed E-state index contributed by atoms with van der Waals surface area (Å²) in [6.07, 6.45) is 2.44. The van der Waals surface area contributed by atoms with E-state index in [0.717, 1.165) is 24.9 Å². The number of fused-ring (bicyclic) bond motifs is 3. The number of benzene rings is 1. The summed E-state index contributed by atoms with van der Waals surface area (Å²) in [5.41, 5.74) is 0.990. The molecule has 0 aliphatic carbocycles. The predicted octanol–water partition coefficient (Wildman–Crippen LogP) is 1.26. The molecule has 130 valence electrons. The molecule has 0 bridgehead atoms. The lowest BCUT2D eigenvalue weighted by atomic mass is 9.95. The van der Waals surface area contributed by atoms with Crippen molar-refractivity contribution in [3.05, 3.63) is 40.9 Å². The zero-order valence-electron chi connectivity index (χ0n) is 14.0. The van der Waals surface area contributed by atoms with Gasteiger partial charge in [0.25, 0.3) is 5.56 Å². The quantitative estimate of drug-likeness (QED) is 0.749. The number of piperidine rings is 1. The highest BCUT2D eigenvalue weighted by Gasteiger charge is 2.23. The molecule has 7 heteroatoms. The molecule has 2 atom stereocenters. The molecular weight excluding hydrogens is 320 g/mol. The molecule has 1 aliphatic rings. The average molecular weight is 340 g/mol. The number of hydrogen-bond donors (Lipinski definition) is 2. The summed E-state index contributed by atoms with van der Waals surface area (Å²) >= 11 is 0. The molecule has 3 heterocycles. The van der Waals surface area contributed by atoms with Crippen molar-refractivity contribution >= 4 is 28.0 Å². The number of furan rings is 1. The summed E-state index contributed by atoms with van der Waals surface area (Å²) < 4.78 is 6.93. The van der Waals surface area contributed by atoms with Crippen LogP contribution in [0.1, 0.15) is 13.3 Å². The van der Waals surface area contributed by atoms with Gasteiger partial charge >= 0.3 is 0 Å². The van der Waals surface area contributed by atoms with E-state index >= 15 is 0 Å². The van der Waals surface area contributed by atoms with Gasteiger partial charge in [0.2, 0.25) is 11.5 Å². The normalized spacial score (nSPS) is 20.8. The van der Waals surface area contributed by atoms with Crippen LogP contribution < -0.4 is 16.2 Å². The van der Waals surface area contributed by atoms with Gasteiger partial charge in [-0.05, 0) is 31.0 Å². The number of hydrogen-bond acceptors (Lipinski definition) is 5. The minimum absolute atomic E-state index is 0.0674. The number of nitrogens with one attached hydrogen (secondary N) is 2. The molecular formula is C18H20N4O3. The molecule has 2 N–H and O–H groups in total. The van der Waals surface area contributed by atoms with E-state index in [1.54, 1.807) is 6.07 Å². The van der Waals surface area contributed by atoms with E-state index in [1.165, 1.54) is 10.9 Å². The van der Waals surface area contributed by atoms with Crippen LogP contribution in [0.5, 0.6) is 0 Å². The Morgan fingerprint density at radius 1 is 1.44 bits per heavy atom. The Kier molecular flexibility index (Phi) is 4.01. The van der Waals surface area contributed by atoms with Crippen LogP contribution in [0.4, 0.5) is 0 Å². The number of carbonyl (C=O) groups excluding carboxylic acids is 1. The monoisotopic (exact) mass is 340 g/mol. The van der Waals surface area contributed by atoms with Gasteiger partial charge in [-0.3, -0.25) is 14.2 Å². The van der Waals surface area contributed by atoms with Gasteiger partial charge < -0.3 is 15.1 Å². The number of carbonyl (C=O) groups is 1. The molecule has 1 saturated heterocycles. The number of para-hydroxylation sites is 1. The first-order chi connectivity index (χ1) is 12.1. The van der Waals surface area contributed by atoms with Gasteiger partial charge in [-0.15, -0.1) is 0 Å². The third-order valence-electron chi connectivity index (χ3n) is 4.84. The third-order valence-corrected chi connectivity index (χ3v) is 4.84. The largest absolute Gasteiger partial charge is 0.448 e. The smallest absolute Gasteiger partial charge is 0.297 e. The molecule has 2 aromatic heterocycles. The maximum absolute atomic E-state index is 12.6. The molecule has 1 fully saturated rings. The first-order valence-electron chi connectivity index (χ1n) is 8.50. The molecule has 3 aromatic rings. The van der Waals surface area contributed by atoms with E-state index in [-0.39, 0.29) is 29.6 Å². The number of nitrogens with zero attached hydrogens (tertiary/aromatic N) is 2. The molecule has 0 saturated carbocycles. The minimum atomic E-state index is -0.342. The highest BCUT2D eigenvalue weighted by Crippen LogP contribution is 2.23. The maximum Gasteiger partial charge on any atom is 0.297 e. The summed E-state index contributed by atoms with van der Waals surface area (Å²) in [4.78, 5) is 29.3. The number of amides is 1. The van der Waals surface area contributed by atoms with Gasteiger partial charge in [-0.1, -0.05) is 19.1 Å². The fourth-order valence-electron chi connectivity index (χ4n) is 3.32. The van der Waals surface area contributed by atoms with Crippen LogP contribution in [-0.4, -0.2) is 34.6 Å². The highest BCUT2D eigenvalue weighted by atomic mass is 16.3. The van der Waals surface area contributed by atoms with Crippen molar-refractivity contribution in [2.75, 3.05) is 13.1 Å². The van der Waals surface area contributed by atoms with Gasteiger partial charge in [0, 0.05) is 18.0 Å². The zero-order valence-corrected chi connectivity index (χ0v) is 14.0. The van der Waals surface area contributed by atoms with Gasteiger partial charge in [0.15, 0.2) is 0 Å². The Morgan fingerprint density at radius 3 is 3.12 bits per heavy atom. The Balaban J connectivity index is 1.59. The van der Waals surface area contributed by atoms with Crippen molar-refractivity contribution in [1.82, 2.24) is 20.2 Å². The zero-order chi connectivity index (χ0) is 17.4. The SMILES string of the molecule is CC1CCNCC1NC(=O)Cn1cnc2c(oc3ccccc32)c1=O. The molecule has 4 rings (SSSR count). The van der Waals surface area contributed by atoms with E-state index in [4.69, 9.17) is 4.42 Å². The van der Waals surface area contributed by atoms with Gasteiger partial charge in [-0.2, -0.15) is 0 Å². The van der Waals surface area contributed by atoms with Gasteiger partial charge in [0.05, 0.1) is 6.33 Å². The van der Waals surface area contributed by atoms with E-state index < -0.39 is 0 Å². The van der Waals surface area contributed by atoms with Gasteiger partial charge in [-0.25, -0.2) is 4.98 Å². The highest BCUT2D eigenvalue weighted by molar-refractivity contribution is 6.01. The molecule has 7 nitrogen and oxygen atoms in total. The van der Waals surface area contributed by atoms with Crippen molar-refractivity contribution in [3.63, 3.8) is 0 Å². The average Bonchev–Trinajstić information content (AvgIpc) is 2.99. The summed E-state index contributed by atoms with van der Waals surface area (Å²) in [5, 5.41) is 7.07. The van der Waals surface area contributed by atoms with Crippen LogP contribution in [0.3, 0.4) is 0 Å². The molecule has 0 radical (unpaired) electrons. The molecule has 1 aliphatic heterocycles. The first kappa shape index (κ1) is 15.8. The lowest BCUT2D eigenvalue weighted by molar-refractivity contribution is -0.122. The van der Waals surface area contributed by atoms with Gasteiger partial charge in [0.1, 0.15) is 17.6 Å². The van der Waals surface area contributed by atoms with Crippen LogP contribution in [-0.2, 0) is 11.3 Å². The fraction of sp³-hybridized carbons (Fsp3) is 0.389. The molecule has 25 heavy (non-hydrogen) atoms. The summed E-state index contributed by atoms with van der Waals surface area (Å²) in [7, 11) is 0. The molecule has 1 amide bonds. The Labute approximate surface area is 144 Å². The molecule has 2 unspecified atom stereocenters. The minimum Gasteiger partial charge on any atom is -0.448 e. The maximum atomic E-state index is 12.6. The Bertz CT molecular complexity index is 991. The van der Waals surface area contributed by atoms with Crippen molar-refractivity contribution in [1.29, 1.82) is 0 Å². The summed E-state index contributed by atoms with van der Waals surface area (Å²) in [6.45, 7) is 3.78. The third kappa shape index (κ3) is 2.91. The van der Waals surface area contributed by atoms with Crippen LogP contribution in [0.2, 0.25) is 0 Å². The van der Waals surface area contributed by atoms with E-state index in [2.05, 4.69) is 22.5 Å². The Morgan fingerprint density at radius 2 is 2.28 bits per heavy atom. The van der Waals surface area contributed by atoms with Crippen LogP contribution in [0.25, 0.3) is 22.1 Å². The topological polar surface area (TPSA) is 89.2 Å². The van der Waals surface area contributed by atoms with Crippen LogP contribution in [0.15, 0.2) is 39.8 Å². The fourth-order valence-corrected chi connectivity index (χ4v) is 3.32. The van der Waals surface area contributed by atoms with Crippen molar-refractivity contribution in [2.24, 2.45) is 5.92 Å². The summed E-state index contributed by atoms with van der Waals surface area (Å²) in [5.74, 6) is 0.220. The van der Waals surface area contributed by atoms with E-state index in [1.807, 2.05) is 18.2 Å². The molecule has 1 aromatic carbocycles. The van der Waals surface area contributed by atoms with E-state index in [9.17, 15) is 9.59 Å². The lowest BCUT2D eigenvalue weighted by Gasteiger charge is -2.30. The Hall–Kier alpha value is -2.67. The number of rotatable bonds is 3. The van der Waals surface area contributed by atoms with Crippen LogP contribution in [0, 0.1) is 5.92 Å².